The van der Waals surface area contributed by atoms with E-state index >= 15 is 0 Å². The Morgan fingerprint density at radius 1 is 1.10 bits per heavy atom. The number of methoxy groups -OCH3 is 2. The van der Waals surface area contributed by atoms with Crippen molar-refractivity contribution in [2.75, 3.05) is 19.5 Å². The van der Waals surface area contributed by atoms with Crippen molar-refractivity contribution in [3.8, 4) is 11.5 Å². The molecule has 4 rings (SSSR count). The molecule has 1 aliphatic heterocycles. The molecule has 0 saturated heterocycles. The van der Waals surface area contributed by atoms with Gasteiger partial charge in [0.2, 0.25) is 5.95 Å². The van der Waals surface area contributed by atoms with Gasteiger partial charge in [0.1, 0.15) is 6.04 Å². The number of halogens is 3. The summed E-state index contributed by atoms with van der Waals surface area (Å²) in [6.45, 7) is 0. The quantitative estimate of drug-likeness (QED) is 0.715. The van der Waals surface area contributed by atoms with E-state index in [-0.39, 0.29) is 5.95 Å². The molecule has 0 radical (unpaired) electrons. The SMILES string of the molecule is COc1cccc([C@@H]2C=C(c3cccnc3)Nc3nc(C(F)(F)F)nn32)c1OC. The first-order valence-corrected chi connectivity index (χ1v) is 8.56. The number of anilines is 1. The van der Waals surface area contributed by atoms with Crippen molar-refractivity contribution in [2.45, 2.75) is 12.2 Å². The van der Waals surface area contributed by atoms with Gasteiger partial charge in [-0.3, -0.25) is 4.98 Å². The van der Waals surface area contributed by atoms with Gasteiger partial charge in [0.15, 0.2) is 11.5 Å². The molecule has 7 nitrogen and oxygen atoms in total. The van der Waals surface area contributed by atoms with Crippen LogP contribution in [0.5, 0.6) is 11.5 Å². The Hall–Kier alpha value is -3.56. The summed E-state index contributed by atoms with van der Waals surface area (Å²) in [5.74, 6) is -0.405. The maximum atomic E-state index is 13.3. The fourth-order valence-corrected chi connectivity index (χ4v) is 3.17. The van der Waals surface area contributed by atoms with Crippen LogP contribution < -0.4 is 14.8 Å². The fraction of sp³-hybridized carbons (Fsp3) is 0.211. The number of ether oxygens (including phenoxy) is 2. The van der Waals surface area contributed by atoms with Crippen LogP contribution in [0, 0.1) is 0 Å². The molecule has 0 saturated carbocycles. The Kier molecular flexibility index (Phi) is 4.61. The number of nitrogens with one attached hydrogen (secondary N) is 1. The summed E-state index contributed by atoms with van der Waals surface area (Å²) in [6.07, 6.45) is 0.286. The van der Waals surface area contributed by atoms with E-state index in [0.29, 0.717) is 28.3 Å². The molecule has 1 N–H and O–H groups in total. The molecule has 1 aromatic carbocycles. The lowest BCUT2D eigenvalue weighted by Gasteiger charge is -2.25. The smallest absolute Gasteiger partial charge is 0.453 e. The predicted molar refractivity (Wildman–Crippen MR) is 98.5 cm³/mol. The number of rotatable bonds is 4. The number of fused-ring (bicyclic) bond motifs is 1. The molecular formula is C19H16F3N5O2. The number of aromatic nitrogens is 4. The Bertz CT molecular complexity index is 1060. The first kappa shape index (κ1) is 18.8. The fourth-order valence-electron chi connectivity index (χ4n) is 3.17. The van der Waals surface area contributed by atoms with Gasteiger partial charge in [-0.25, -0.2) is 4.68 Å². The Labute approximate surface area is 163 Å². The third kappa shape index (κ3) is 3.37. The minimum absolute atomic E-state index is 0.0337. The molecule has 0 bridgehead atoms. The standard InChI is InChI=1S/C19H16F3N5O2/c1-28-15-7-3-6-12(16(15)29-2)14-9-13(11-5-4-8-23-10-11)24-18-25-17(19(20,21)22)26-27(14)18/h3-10,14H,1-2H3,(H,24,25,26)/t14-/m0/s1. The molecule has 0 aliphatic carbocycles. The van der Waals surface area contributed by atoms with Crippen molar-refractivity contribution in [2.24, 2.45) is 0 Å². The van der Waals surface area contributed by atoms with Crippen molar-refractivity contribution in [1.82, 2.24) is 19.7 Å². The summed E-state index contributed by atoms with van der Waals surface area (Å²) in [6, 6.07) is 8.00. The van der Waals surface area contributed by atoms with E-state index in [0.717, 1.165) is 0 Å². The van der Waals surface area contributed by atoms with E-state index in [2.05, 4.69) is 20.4 Å². The molecule has 2 aromatic heterocycles. The molecule has 1 atom stereocenters. The van der Waals surface area contributed by atoms with Gasteiger partial charge in [-0.1, -0.05) is 12.1 Å². The van der Waals surface area contributed by atoms with Crippen molar-refractivity contribution in [3.05, 3.63) is 65.8 Å². The lowest BCUT2D eigenvalue weighted by atomic mass is 10.0. The van der Waals surface area contributed by atoms with Crippen molar-refractivity contribution in [1.29, 1.82) is 0 Å². The average Bonchev–Trinajstić information content (AvgIpc) is 3.18. The first-order valence-electron chi connectivity index (χ1n) is 8.56. The largest absolute Gasteiger partial charge is 0.493 e. The first-order chi connectivity index (χ1) is 13.9. The van der Waals surface area contributed by atoms with Gasteiger partial charge in [-0.2, -0.15) is 18.2 Å². The van der Waals surface area contributed by atoms with Gasteiger partial charge in [-0.15, -0.1) is 5.10 Å². The number of hydrogen-bond donors (Lipinski definition) is 1. The van der Waals surface area contributed by atoms with Gasteiger partial charge in [0.25, 0.3) is 5.82 Å². The summed E-state index contributed by atoms with van der Waals surface area (Å²) in [5.41, 5.74) is 1.83. The molecule has 0 amide bonds. The Morgan fingerprint density at radius 2 is 1.93 bits per heavy atom. The van der Waals surface area contributed by atoms with E-state index in [1.54, 1.807) is 48.8 Å². The topological polar surface area (TPSA) is 74.1 Å². The lowest BCUT2D eigenvalue weighted by Crippen LogP contribution is -2.21. The number of benzene rings is 1. The number of allylic oxidation sites excluding steroid dienone is 1. The Balaban J connectivity index is 1.91. The van der Waals surface area contributed by atoms with Gasteiger partial charge in [0.05, 0.1) is 14.2 Å². The van der Waals surface area contributed by atoms with Crippen LogP contribution in [0.25, 0.3) is 5.70 Å². The van der Waals surface area contributed by atoms with E-state index in [9.17, 15) is 13.2 Å². The second-order valence-corrected chi connectivity index (χ2v) is 6.18. The number of alkyl halides is 3. The van der Waals surface area contributed by atoms with Gasteiger partial charge in [0, 0.05) is 29.2 Å². The molecule has 29 heavy (non-hydrogen) atoms. The van der Waals surface area contributed by atoms with Gasteiger partial charge in [-0.05, 0) is 24.3 Å². The monoisotopic (exact) mass is 403 g/mol. The number of pyridine rings is 1. The normalized spacial score (nSPS) is 15.9. The van der Waals surface area contributed by atoms with Crippen molar-refractivity contribution < 1.29 is 22.6 Å². The van der Waals surface area contributed by atoms with Crippen LogP contribution in [0.1, 0.15) is 23.0 Å². The molecule has 0 fully saturated rings. The van der Waals surface area contributed by atoms with Gasteiger partial charge >= 0.3 is 6.18 Å². The van der Waals surface area contributed by atoms with Crippen LogP contribution in [0.2, 0.25) is 0 Å². The third-order valence-electron chi connectivity index (χ3n) is 4.44. The van der Waals surface area contributed by atoms with E-state index < -0.39 is 18.0 Å². The highest BCUT2D eigenvalue weighted by Crippen LogP contribution is 2.41. The zero-order valence-corrected chi connectivity index (χ0v) is 15.4. The number of hydrogen-bond acceptors (Lipinski definition) is 6. The second-order valence-electron chi connectivity index (χ2n) is 6.18. The third-order valence-corrected chi connectivity index (χ3v) is 4.44. The highest BCUT2D eigenvalue weighted by molar-refractivity contribution is 5.77. The minimum atomic E-state index is -4.68. The highest BCUT2D eigenvalue weighted by Gasteiger charge is 2.39. The zero-order chi connectivity index (χ0) is 20.6. The lowest BCUT2D eigenvalue weighted by molar-refractivity contribution is -0.145. The van der Waals surface area contributed by atoms with Crippen LogP contribution in [0.15, 0.2) is 48.8 Å². The van der Waals surface area contributed by atoms with Crippen LogP contribution in [-0.2, 0) is 6.18 Å². The average molecular weight is 403 g/mol. The van der Waals surface area contributed by atoms with E-state index in [1.165, 1.54) is 18.9 Å². The molecule has 1 aliphatic rings. The summed E-state index contributed by atoms with van der Waals surface area (Å²) < 4.78 is 51.7. The van der Waals surface area contributed by atoms with Crippen LogP contribution in [0.4, 0.5) is 19.1 Å². The summed E-state index contributed by atoms with van der Waals surface area (Å²) in [5, 5.41) is 6.61. The molecule has 150 valence electrons. The molecular weight excluding hydrogens is 387 g/mol. The Morgan fingerprint density at radius 3 is 2.59 bits per heavy atom. The maximum absolute atomic E-state index is 13.3. The van der Waals surface area contributed by atoms with E-state index in [1.807, 2.05) is 0 Å². The van der Waals surface area contributed by atoms with Crippen LogP contribution in [0.3, 0.4) is 0 Å². The zero-order valence-electron chi connectivity index (χ0n) is 15.4. The summed E-state index contributed by atoms with van der Waals surface area (Å²) in [7, 11) is 2.96. The highest BCUT2D eigenvalue weighted by atomic mass is 19.4. The van der Waals surface area contributed by atoms with Crippen LogP contribution in [-0.4, -0.2) is 34.0 Å². The molecule has 3 heterocycles. The van der Waals surface area contributed by atoms with E-state index in [4.69, 9.17) is 9.47 Å². The van der Waals surface area contributed by atoms with Crippen molar-refractivity contribution in [3.63, 3.8) is 0 Å². The van der Waals surface area contributed by atoms with Crippen molar-refractivity contribution >= 4 is 11.6 Å². The van der Waals surface area contributed by atoms with Gasteiger partial charge < -0.3 is 14.8 Å². The minimum Gasteiger partial charge on any atom is -0.493 e. The predicted octanol–water partition coefficient (Wildman–Crippen LogP) is 3.77. The number of para-hydroxylation sites is 1. The second kappa shape index (κ2) is 7.12. The molecule has 3 aromatic rings. The summed E-state index contributed by atoms with van der Waals surface area (Å²) >= 11 is 0. The maximum Gasteiger partial charge on any atom is 0.453 e. The van der Waals surface area contributed by atoms with Crippen LogP contribution >= 0.6 is 0 Å². The number of nitrogens with zero attached hydrogens (tertiary/aromatic N) is 4. The molecule has 10 heteroatoms. The molecule has 0 unspecified atom stereocenters. The summed E-state index contributed by atoms with van der Waals surface area (Å²) in [4.78, 5) is 7.72. The molecule has 0 spiro atoms.